The zero-order chi connectivity index (χ0) is 27.5. The molecule has 0 spiro atoms. The molecule has 11 heteroatoms. The van der Waals surface area contributed by atoms with Crippen LogP contribution in [0.25, 0.3) is 16.6 Å². The van der Waals surface area contributed by atoms with Gasteiger partial charge < -0.3 is 20.1 Å². The van der Waals surface area contributed by atoms with Gasteiger partial charge in [-0.3, -0.25) is 4.79 Å². The van der Waals surface area contributed by atoms with E-state index in [-0.39, 0.29) is 39.9 Å². The summed E-state index contributed by atoms with van der Waals surface area (Å²) < 4.78 is 47.0. The van der Waals surface area contributed by atoms with E-state index < -0.39 is 23.8 Å². The Hall–Kier alpha value is -2.95. The molecule has 2 atom stereocenters. The second kappa shape index (κ2) is 11.2. The number of hydrogen-bond acceptors (Lipinski definition) is 6. The smallest absolute Gasteiger partial charge is 0.351 e. The van der Waals surface area contributed by atoms with Crippen LogP contribution in [0.5, 0.6) is 0 Å². The van der Waals surface area contributed by atoms with E-state index in [1.54, 1.807) is 20.8 Å². The lowest BCUT2D eigenvalue weighted by Gasteiger charge is -2.26. The number of pyridine rings is 1. The number of halogens is 4. The summed E-state index contributed by atoms with van der Waals surface area (Å²) in [6, 6.07) is 5.28. The Balaban J connectivity index is 1.80. The van der Waals surface area contributed by atoms with Gasteiger partial charge in [0.15, 0.2) is 0 Å². The lowest BCUT2D eigenvalue weighted by molar-refractivity contribution is -0.173. The van der Waals surface area contributed by atoms with E-state index in [1.165, 1.54) is 24.4 Å². The lowest BCUT2D eigenvalue weighted by atomic mass is 9.92. The SMILES string of the molecule is C=C(NC(O)OC(C)(C)C)c1cccc(C(F)(F)F)c1CCCC(C)c1nc2cnc(Cl)cc2c(=O)[nH]1. The van der Waals surface area contributed by atoms with Crippen LogP contribution in [0, 0.1) is 0 Å². The van der Waals surface area contributed by atoms with Crippen molar-refractivity contribution in [2.75, 3.05) is 0 Å². The van der Waals surface area contributed by atoms with Crippen LogP contribution in [0.4, 0.5) is 13.2 Å². The molecule has 0 radical (unpaired) electrons. The molecule has 7 nitrogen and oxygen atoms in total. The Morgan fingerprint density at radius 2 is 2.00 bits per heavy atom. The van der Waals surface area contributed by atoms with Gasteiger partial charge in [0.25, 0.3) is 5.56 Å². The zero-order valence-electron chi connectivity index (χ0n) is 21.0. The summed E-state index contributed by atoms with van der Waals surface area (Å²) >= 11 is 5.85. The molecule has 2 aromatic heterocycles. The fourth-order valence-electron chi connectivity index (χ4n) is 3.99. The van der Waals surface area contributed by atoms with E-state index in [2.05, 4.69) is 26.8 Å². The number of fused-ring (bicyclic) bond motifs is 1. The highest BCUT2D eigenvalue weighted by atomic mass is 35.5. The predicted octanol–water partition coefficient (Wildman–Crippen LogP) is 5.77. The molecule has 3 aromatic rings. The van der Waals surface area contributed by atoms with E-state index in [0.29, 0.717) is 29.6 Å². The average Bonchev–Trinajstić information content (AvgIpc) is 2.77. The molecule has 3 rings (SSSR count). The number of ether oxygens (including phenoxy) is 1. The Morgan fingerprint density at radius 3 is 2.65 bits per heavy atom. The van der Waals surface area contributed by atoms with Crippen LogP contribution >= 0.6 is 11.6 Å². The van der Waals surface area contributed by atoms with Crippen molar-refractivity contribution in [2.24, 2.45) is 0 Å². The molecule has 0 aliphatic heterocycles. The lowest BCUT2D eigenvalue weighted by Crippen LogP contribution is -2.37. The minimum absolute atomic E-state index is 0.0569. The van der Waals surface area contributed by atoms with Crippen LogP contribution < -0.4 is 10.9 Å². The number of H-pyrrole nitrogens is 1. The number of aromatic nitrogens is 3. The van der Waals surface area contributed by atoms with E-state index in [0.717, 1.165) is 6.07 Å². The molecule has 0 amide bonds. The quantitative estimate of drug-likeness (QED) is 0.236. The molecule has 1 aromatic carbocycles. The van der Waals surface area contributed by atoms with Crippen molar-refractivity contribution in [3.63, 3.8) is 0 Å². The van der Waals surface area contributed by atoms with Crippen molar-refractivity contribution in [1.82, 2.24) is 20.3 Å². The van der Waals surface area contributed by atoms with Crippen LogP contribution in [0.15, 0.2) is 41.8 Å². The summed E-state index contributed by atoms with van der Waals surface area (Å²) in [7, 11) is 0. The number of hydrogen-bond donors (Lipinski definition) is 3. The Bertz CT molecular complexity index is 1340. The summed E-state index contributed by atoms with van der Waals surface area (Å²) in [5.41, 5.74) is -1.03. The first-order valence-electron chi connectivity index (χ1n) is 11.7. The molecule has 3 N–H and O–H groups in total. The van der Waals surface area contributed by atoms with Crippen molar-refractivity contribution in [3.05, 3.63) is 75.1 Å². The minimum atomic E-state index is -4.57. The molecule has 0 bridgehead atoms. The van der Waals surface area contributed by atoms with Gasteiger partial charge in [-0.2, -0.15) is 13.2 Å². The van der Waals surface area contributed by atoms with Crippen molar-refractivity contribution in [1.29, 1.82) is 0 Å². The molecule has 2 heterocycles. The Morgan fingerprint density at radius 1 is 1.30 bits per heavy atom. The highest BCUT2D eigenvalue weighted by molar-refractivity contribution is 6.30. The number of aliphatic hydroxyl groups is 1. The fraction of sp³-hybridized carbons (Fsp3) is 0.423. The van der Waals surface area contributed by atoms with Gasteiger partial charge in [0, 0.05) is 17.2 Å². The van der Waals surface area contributed by atoms with Gasteiger partial charge in [0.1, 0.15) is 11.0 Å². The Labute approximate surface area is 217 Å². The monoisotopic (exact) mass is 538 g/mol. The second-order valence-corrected chi connectivity index (χ2v) is 10.2. The Kier molecular flexibility index (Phi) is 8.66. The first-order chi connectivity index (χ1) is 17.2. The predicted molar refractivity (Wildman–Crippen MR) is 137 cm³/mol. The first kappa shape index (κ1) is 28.6. The molecule has 0 aliphatic rings. The fourth-order valence-corrected chi connectivity index (χ4v) is 4.14. The molecule has 0 saturated carbocycles. The minimum Gasteiger partial charge on any atom is -0.351 e. The van der Waals surface area contributed by atoms with Gasteiger partial charge in [-0.1, -0.05) is 37.2 Å². The third-order valence-corrected chi connectivity index (χ3v) is 5.88. The van der Waals surface area contributed by atoms with Crippen molar-refractivity contribution in [2.45, 2.75) is 71.1 Å². The van der Waals surface area contributed by atoms with Gasteiger partial charge in [-0.25, -0.2) is 9.97 Å². The number of nitrogens with zero attached hydrogens (tertiary/aromatic N) is 2. The summed E-state index contributed by atoms with van der Waals surface area (Å²) in [6.07, 6.45) is -3.70. The van der Waals surface area contributed by atoms with Gasteiger partial charge in [-0.05, 0) is 57.7 Å². The molecule has 200 valence electrons. The average molecular weight is 539 g/mol. The van der Waals surface area contributed by atoms with Crippen molar-refractivity contribution < 1.29 is 23.0 Å². The standard InChI is InChI=1S/C26H30ClF3N4O3/c1-14(22-33-20-13-31-21(27)12-18(20)23(35)34-22)8-6-10-17-16(9-7-11-19(17)26(28,29)30)15(2)32-24(36)37-25(3,4)5/h7,9,11-14,24,32,36H,2,6,8,10H2,1,3-5H3,(H,33,34,35). The van der Waals surface area contributed by atoms with Crippen molar-refractivity contribution >= 4 is 28.2 Å². The molecule has 0 aliphatic carbocycles. The third kappa shape index (κ3) is 7.53. The van der Waals surface area contributed by atoms with Gasteiger partial charge in [0.2, 0.25) is 6.41 Å². The molecule has 0 saturated heterocycles. The topological polar surface area (TPSA) is 100 Å². The maximum Gasteiger partial charge on any atom is 0.416 e. The number of nitrogens with one attached hydrogen (secondary N) is 2. The van der Waals surface area contributed by atoms with E-state index in [4.69, 9.17) is 16.3 Å². The van der Waals surface area contributed by atoms with Crippen LogP contribution in [-0.2, 0) is 17.3 Å². The number of rotatable bonds is 9. The normalized spacial score (nSPS) is 14.0. The van der Waals surface area contributed by atoms with E-state index >= 15 is 0 Å². The number of aliphatic hydroxyl groups excluding tert-OH is 1. The van der Waals surface area contributed by atoms with Crippen LogP contribution in [0.1, 0.15) is 69.0 Å². The molecule has 0 fully saturated rings. The van der Waals surface area contributed by atoms with E-state index in [1.807, 2.05) is 6.92 Å². The van der Waals surface area contributed by atoms with Crippen LogP contribution in [0.3, 0.4) is 0 Å². The van der Waals surface area contributed by atoms with Gasteiger partial charge >= 0.3 is 6.18 Å². The second-order valence-electron chi connectivity index (χ2n) is 9.80. The summed E-state index contributed by atoms with van der Waals surface area (Å²) in [6.45, 7) is 10.9. The number of benzene rings is 1. The number of alkyl halides is 3. The summed E-state index contributed by atoms with van der Waals surface area (Å²) in [5.74, 6) is 0.178. The number of aromatic amines is 1. The summed E-state index contributed by atoms with van der Waals surface area (Å²) in [5, 5.41) is 13.3. The first-order valence-corrected chi connectivity index (χ1v) is 12.1. The van der Waals surface area contributed by atoms with E-state index in [9.17, 15) is 23.1 Å². The highest BCUT2D eigenvalue weighted by Gasteiger charge is 2.34. The van der Waals surface area contributed by atoms with Gasteiger partial charge in [0.05, 0.1) is 28.3 Å². The molecule has 2 unspecified atom stereocenters. The third-order valence-electron chi connectivity index (χ3n) is 5.68. The maximum absolute atomic E-state index is 13.9. The van der Waals surface area contributed by atoms with Crippen LogP contribution in [-0.4, -0.2) is 32.1 Å². The maximum atomic E-state index is 13.9. The molecule has 37 heavy (non-hydrogen) atoms. The van der Waals surface area contributed by atoms with Gasteiger partial charge in [-0.15, -0.1) is 0 Å². The van der Waals surface area contributed by atoms with Crippen LogP contribution in [0.2, 0.25) is 5.15 Å². The highest BCUT2D eigenvalue weighted by Crippen LogP contribution is 2.36. The largest absolute Gasteiger partial charge is 0.416 e. The zero-order valence-corrected chi connectivity index (χ0v) is 21.8. The summed E-state index contributed by atoms with van der Waals surface area (Å²) in [4.78, 5) is 23.6. The molecular weight excluding hydrogens is 509 g/mol. The molecular formula is C26H30ClF3N4O3. The van der Waals surface area contributed by atoms with Crippen molar-refractivity contribution in [3.8, 4) is 0 Å².